The highest BCUT2D eigenvalue weighted by molar-refractivity contribution is 7.93. The fourth-order valence-electron chi connectivity index (χ4n) is 6.54. The molecule has 3 aliphatic heterocycles. The van der Waals surface area contributed by atoms with Gasteiger partial charge in [0.2, 0.25) is 0 Å². The summed E-state index contributed by atoms with van der Waals surface area (Å²) in [6, 6.07) is 16.4. The summed E-state index contributed by atoms with van der Waals surface area (Å²) in [4.78, 5) is 18.2. The van der Waals surface area contributed by atoms with Crippen LogP contribution in [0.1, 0.15) is 31.2 Å². The van der Waals surface area contributed by atoms with Crippen molar-refractivity contribution >= 4 is 44.7 Å². The number of nitrogens with zero attached hydrogens (tertiary/aromatic N) is 3. The molecule has 6 rings (SSSR count). The quantitative estimate of drug-likeness (QED) is 0.270. The molecular weight excluding hydrogens is 640 g/mol. The number of carbonyl (C=O) groups excluding carboxylic acids is 1. The Kier molecular flexibility index (Phi) is 9.70. The third kappa shape index (κ3) is 6.87. The van der Waals surface area contributed by atoms with E-state index in [2.05, 4.69) is 4.90 Å². The summed E-state index contributed by atoms with van der Waals surface area (Å²) in [6.45, 7) is 4.41. The molecule has 3 aromatic carbocycles. The molecule has 3 aromatic rings. The van der Waals surface area contributed by atoms with Crippen molar-refractivity contribution in [3.8, 4) is 5.75 Å². The van der Waals surface area contributed by atoms with Crippen molar-refractivity contribution < 1.29 is 27.1 Å². The summed E-state index contributed by atoms with van der Waals surface area (Å²) in [5, 5.41) is 0.264. The molecule has 0 N–H and O–H groups in total. The zero-order chi connectivity index (χ0) is 31.6. The normalized spacial score (nSPS) is 20.5. The van der Waals surface area contributed by atoms with Crippen molar-refractivity contribution in [3.05, 3.63) is 88.2 Å². The summed E-state index contributed by atoms with van der Waals surface area (Å²) >= 11 is 12.4. The van der Waals surface area contributed by atoms with Gasteiger partial charge in [-0.15, -0.1) is 0 Å². The van der Waals surface area contributed by atoms with E-state index in [-0.39, 0.29) is 40.4 Å². The minimum Gasteiger partial charge on any atom is -0.489 e. The first-order valence-corrected chi connectivity index (χ1v) is 17.4. The van der Waals surface area contributed by atoms with Gasteiger partial charge in [0.05, 0.1) is 29.5 Å². The number of carbonyl (C=O) groups is 1. The largest absolute Gasteiger partial charge is 0.489 e. The number of hydrogen-bond donors (Lipinski definition) is 0. The van der Waals surface area contributed by atoms with E-state index in [1.54, 1.807) is 30.3 Å². The van der Waals surface area contributed by atoms with Crippen molar-refractivity contribution in [3.63, 3.8) is 0 Å². The van der Waals surface area contributed by atoms with Crippen molar-refractivity contribution in [1.29, 1.82) is 0 Å². The van der Waals surface area contributed by atoms with Crippen LogP contribution in [-0.2, 0) is 25.2 Å². The van der Waals surface area contributed by atoms with Gasteiger partial charge in [0.25, 0.3) is 10.0 Å². The number of anilines is 1. The lowest BCUT2D eigenvalue weighted by molar-refractivity contribution is -0.125. The van der Waals surface area contributed by atoms with Gasteiger partial charge in [0, 0.05) is 24.7 Å². The fraction of sp³-hybridized carbons (Fsp3) is 0.424. The van der Waals surface area contributed by atoms with Gasteiger partial charge in [-0.3, -0.25) is 9.69 Å². The van der Waals surface area contributed by atoms with Crippen LogP contribution >= 0.6 is 23.2 Å². The molecule has 240 valence electrons. The first-order valence-electron chi connectivity index (χ1n) is 15.3. The Morgan fingerprint density at radius 1 is 0.956 bits per heavy atom. The Morgan fingerprint density at radius 3 is 2.44 bits per heavy atom. The monoisotopic (exact) mass is 675 g/mol. The van der Waals surface area contributed by atoms with E-state index in [4.69, 9.17) is 32.7 Å². The molecule has 1 unspecified atom stereocenters. The van der Waals surface area contributed by atoms with E-state index in [0.717, 1.165) is 29.5 Å². The topological polar surface area (TPSA) is 79.4 Å². The summed E-state index contributed by atoms with van der Waals surface area (Å²) in [5.41, 5.74) is 0.391. The number of sulfonamides is 1. The lowest BCUT2D eigenvalue weighted by Crippen LogP contribution is -2.55. The molecule has 3 heterocycles. The second-order valence-corrected chi connectivity index (χ2v) is 14.4. The molecule has 0 saturated carbocycles. The highest BCUT2D eigenvalue weighted by atomic mass is 35.5. The third-order valence-corrected chi connectivity index (χ3v) is 11.5. The van der Waals surface area contributed by atoms with Crippen molar-refractivity contribution in [2.45, 2.75) is 42.2 Å². The molecule has 0 amide bonds. The molecule has 8 nitrogen and oxygen atoms in total. The number of piperidine rings is 1. The Bertz CT molecular complexity index is 1640. The van der Waals surface area contributed by atoms with Crippen LogP contribution in [0.15, 0.2) is 71.6 Å². The molecule has 2 saturated heterocycles. The van der Waals surface area contributed by atoms with E-state index in [9.17, 15) is 17.6 Å². The number of benzene rings is 3. The average molecular weight is 677 g/mol. The minimum absolute atomic E-state index is 0.0174. The second kappa shape index (κ2) is 13.6. The smallest absolute Gasteiger partial charge is 0.266 e. The first-order chi connectivity index (χ1) is 21.7. The van der Waals surface area contributed by atoms with Gasteiger partial charge in [-0.2, -0.15) is 0 Å². The SMILES string of the molecule is O=C(CN1CCC(OCCN2CCCC2)(c2cccc(F)c2)CC1)C1COc2ccccc2N1S(=O)(=O)c1ccc(Cl)cc1Cl. The summed E-state index contributed by atoms with van der Waals surface area (Å²) in [5.74, 6) is -0.252. The minimum atomic E-state index is -4.27. The maximum Gasteiger partial charge on any atom is 0.266 e. The Labute approximate surface area is 273 Å². The Morgan fingerprint density at radius 2 is 1.71 bits per heavy atom. The van der Waals surface area contributed by atoms with Crippen molar-refractivity contribution in [2.75, 3.05) is 56.8 Å². The van der Waals surface area contributed by atoms with Crippen LogP contribution in [0.25, 0.3) is 0 Å². The van der Waals surface area contributed by atoms with E-state index in [1.807, 2.05) is 11.0 Å². The lowest BCUT2D eigenvalue weighted by Gasteiger charge is -2.43. The standard InChI is InChI=1S/C33H36Cl2FN3O5S/c34-25-10-11-32(27(35)21-25)45(41,42)39-28-8-1-2-9-31(28)43-23-29(39)30(40)22-38-16-12-33(13-17-38,24-6-5-7-26(36)20-24)44-19-18-37-14-3-4-15-37/h1-2,5-11,20-21,29H,3-4,12-19,22-23H2. The van der Waals surface area contributed by atoms with Gasteiger partial charge < -0.3 is 14.4 Å². The molecule has 0 spiro atoms. The van der Waals surface area contributed by atoms with Crippen LogP contribution in [0, 0.1) is 5.82 Å². The Balaban J connectivity index is 1.20. The van der Waals surface area contributed by atoms with Gasteiger partial charge in [0.1, 0.15) is 29.1 Å². The maximum atomic E-state index is 14.3. The molecule has 2 fully saturated rings. The number of hydrogen-bond acceptors (Lipinski definition) is 7. The number of para-hydroxylation sites is 2. The zero-order valence-electron chi connectivity index (χ0n) is 24.8. The summed E-state index contributed by atoms with van der Waals surface area (Å²) in [7, 11) is -4.27. The van der Waals surface area contributed by atoms with Gasteiger partial charge in [0.15, 0.2) is 5.78 Å². The molecule has 0 bridgehead atoms. The number of rotatable bonds is 10. The highest BCUT2D eigenvalue weighted by Gasteiger charge is 2.43. The number of halogens is 3. The number of ether oxygens (including phenoxy) is 2. The number of ketones is 1. The summed E-state index contributed by atoms with van der Waals surface area (Å²) < 4.78 is 56.1. The third-order valence-electron chi connectivity index (χ3n) is 8.96. The van der Waals surface area contributed by atoms with Crippen molar-refractivity contribution in [1.82, 2.24) is 9.80 Å². The van der Waals surface area contributed by atoms with Gasteiger partial charge in [-0.05, 0) is 86.8 Å². The van der Waals surface area contributed by atoms with E-state index in [0.29, 0.717) is 43.3 Å². The lowest BCUT2D eigenvalue weighted by atomic mass is 9.84. The zero-order valence-corrected chi connectivity index (χ0v) is 27.2. The molecule has 0 aliphatic carbocycles. The van der Waals surface area contributed by atoms with Crippen LogP contribution in [-0.4, -0.2) is 82.5 Å². The van der Waals surface area contributed by atoms with Gasteiger partial charge in [-0.1, -0.05) is 47.5 Å². The van der Waals surface area contributed by atoms with Gasteiger partial charge in [-0.25, -0.2) is 17.1 Å². The van der Waals surface area contributed by atoms with E-state index in [1.165, 1.54) is 43.2 Å². The predicted octanol–water partition coefficient (Wildman–Crippen LogP) is 5.76. The van der Waals surface area contributed by atoms with Crippen LogP contribution in [0.4, 0.5) is 10.1 Å². The molecule has 12 heteroatoms. The van der Waals surface area contributed by atoms with Crippen molar-refractivity contribution in [2.24, 2.45) is 0 Å². The van der Waals surface area contributed by atoms with Crippen LogP contribution in [0.3, 0.4) is 0 Å². The van der Waals surface area contributed by atoms with E-state index < -0.39 is 21.7 Å². The average Bonchev–Trinajstić information content (AvgIpc) is 3.55. The van der Waals surface area contributed by atoms with Gasteiger partial charge >= 0.3 is 0 Å². The first kappa shape index (κ1) is 32.2. The molecule has 0 aromatic heterocycles. The molecule has 45 heavy (non-hydrogen) atoms. The molecule has 0 radical (unpaired) electrons. The van der Waals surface area contributed by atoms with Crippen LogP contribution < -0.4 is 9.04 Å². The number of likely N-dealkylation sites (tertiary alicyclic amines) is 2. The van der Waals surface area contributed by atoms with Crippen LogP contribution in [0.5, 0.6) is 5.75 Å². The summed E-state index contributed by atoms with van der Waals surface area (Å²) in [6.07, 6.45) is 3.52. The van der Waals surface area contributed by atoms with Crippen LogP contribution in [0.2, 0.25) is 10.0 Å². The number of Topliss-reactive ketones (excluding diaryl/α,β-unsaturated/α-hetero) is 1. The predicted molar refractivity (Wildman–Crippen MR) is 172 cm³/mol. The van der Waals surface area contributed by atoms with E-state index >= 15 is 0 Å². The maximum absolute atomic E-state index is 14.3. The molecular formula is C33H36Cl2FN3O5S. The molecule has 3 aliphatic rings. The second-order valence-electron chi connectivity index (χ2n) is 11.8. The highest BCUT2D eigenvalue weighted by Crippen LogP contribution is 2.41. The Hall–Kier alpha value is -2.73. The number of fused-ring (bicyclic) bond motifs is 1. The fourth-order valence-corrected chi connectivity index (χ4v) is 8.92. The molecule has 1 atom stereocenters.